The maximum atomic E-state index is 9.58. The second kappa shape index (κ2) is 10.6. The van der Waals surface area contributed by atoms with Crippen LogP contribution in [0.15, 0.2) is 36.5 Å². The summed E-state index contributed by atoms with van der Waals surface area (Å²) in [5.41, 5.74) is 7.01. The molecule has 4 N–H and O–H groups in total. The zero-order chi connectivity index (χ0) is 18.8. The molecule has 2 rings (SSSR count). The summed E-state index contributed by atoms with van der Waals surface area (Å²) in [5, 5.41) is 12.8. The average Bonchev–Trinajstić information content (AvgIpc) is 2.67. The topological polar surface area (TPSA) is 93.3 Å². The van der Waals surface area contributed by atoms with Gasteiger partial charge in [-0.05, 0) is 24.3 Å². The predicted octanol–water partition coefficient (Wildman–Crippen LogP) is 3.14. The van der Waals surface area contributed by atoms with Crippen LogP contribution in [0.3, 0.4) is 0 Å². The van der Waals surface area contributed by atoms with E-state index in [9.17, 15) is 5.11 Å². The normalized spacial score (nSPS) is 13.2. The molecule has 2 atom stereocenters. The van der Waals surface area contributed by atoms with E-state index in [0.29, 0.717) is 30.6 Å². The number of benzene rings is 1. The third kappa shape index (κ3) is 6.19. The minimum Gasteiger partial charge on any atom is -0.488 e. The fourth-order valence-electron chi connectivity index (χ4n) is 2.73. The monoisotopic (exact) mass is 358 g/mol. The number of hydrogen-bond donors (Lipinski definition) is 3. The van der Waals surface area contributed by atoms with Gasteiger partial charge in [-0.2, -0.15) is 4.98 Å². The molecule has 0 bridgehead atoms. The Morgan fingerprint density at radius 2 is 2.04 bits per heavy atom. The Morgan fingerprint density at radius 1 is 1.27 bits per heavy atom. The molecule has 2 aromatic rings. The molecule has 26 heavy (non-hydrogen) atoms. The fourth-order valence-corrected chi connectivity index (χ4v) is 2.73. The number of aryl methyl sites for hydroxylation is 1. The molecule has 1 heterocycles. The van der Waals surface area contributed by atoms with Gasteiger partial charge in [-0.25, -0.2) is 4.98 Å². The molecule has 142 valence electrons. The lowest BCUT2D eigenvalue weighted by molar-refractivity contribution is 0.188. The van der Waals surface area contributed by atoms with E-state index >= 15 is 0 Å². The summed E-state index contributed by atoms with van der Waals surface area (Å²) in [5.74, 6) is 1.95. The number of hydrogen-bond acceptors (Lipinski definition) is 6. The van der Waals surface area contributed by atoms with Crippen molar-refractivity contribution in [3.63, 3.8) is 0 Å². The Kier molecular flexibility index (Phi) is 8.15. The van der Waals surface area contributed by atoms with Gasteiger partial charge in [0.2, 0.25) is 5.95 Å². The van der Waals surface area contributed by atoms with Crippen LogP contribution in [0, 0.1) is 11.8 Å². The Labute approximate surface area is 155 Å². The molecular weight excluding hydrogens is 328 g/mol. The molecule has 0 radical (unpaired) electrons. The quantitative estimate of drug-likeness (QED) is 0.534. The smallest absolute Gasteiger partial charge is 0.222 e. The number of aromatic nitrogens is 2. The third-order valence-electron chi connectivity index (χ3n) is 4.70. The van der Waals surface area contributed by atoms with Crippen LogP contribution in [0.4, 0.5) is 11.8 Å². The van der Waals surface area contributed by atoms with Crippen LogP contribution in [0.1, 0.15) is 32.3 Å². The maximum absolute atomic E-state index is 9.58. The molecule has 0 saturated heterocycles. The molecule has 0 aliphatic carbocycles. The highest BCUT2D eigenvalue weighted by Gasteiger charge is 2.16. The van der Waals surface area contributed by atoms with Crippen molar-refractivity contribution in [3.05, 3.63) is 42.1 Å². The molecule has 0 saturated carbocycles. The molecule has 0 aliphatic rings. The lowest BCUT2D eigenvalue weighted by atomic mass is 9.92. The van der Waals surface area contributed by atoms with Crippen molar-refractivity contribution in [1.82, 2.24) is 9.97 Å². The third-order valence-corrected chi connectivity index (χ3v) is 4.70. The maximum Gasteiger partial charge on any atom is 0.222 e. The van der Waals surface area contributed by atoms with Crippen molar-refractivity contribution in [2.75, 3.05) is 30.8 Å². The summed E-state index contributed by atoms with van der Waals surface area (Å²) in [6, 6.07) is 10.3. The van der Waals surface area contributed by atoms with Crippen molar-refractivity contribution in [3.8, 4) is 5.75 Å². The van der Waals surface area contributed by atoms with Gasteiger partial charge >= 0.3 is 0 Å². The van der Waals surface area contributed by atoms with Gasteiger partial charge in [-0.3, -0.25) is 0 Å². The number of rotatable bonds is 11. The van der Waals surface area contributed by atoms with Gasteiger partial charge < -0.3 is 20.9 Å². The van der Waals surface area contributed by atoms with Gasteiger partial charge in [-0.1, -0.05) is 50.6 Å². The largest absolute Gasteiger partial charge is 0.488 e. The molecule has 6 heteroatoms. The first kappa shape index (κ1) is 20.0. The number of nitrogens with zero attached hydrogens (tertiary/aromatic N) is 2. The number of aliphatic hydroxyl groups excluding tert-OH is 1. The zero-order valence-corrected chi connectivity index (χ0v) is 15.7. The summed E-state index contributed by atoms with van der Waals surface area (Å²) in [7, 11) is 0. The Morgan fingerprint density at radius 3 is 2.73 bits per heavy atom. The van der Waals surface area contributed by atoms with Gasteiger partial charge in [0, 0.05) is 19.1 Å². The van der Waals surface area contributed by atoms with E-state index in [1.165, 1.54) is 5.56 Å². The van der Waals surface area contributed by atoms with E-state index in [0.717, 1.165) is 19.3 Å². The molecule has 0 unspecified atom stereocenters. The number of ether oxygens (including phenoxy) is 1. The number of anilines is 2. The number of nitrogens with one attached hydrogen (secondary N) is 1. The van der Waals surface area contributed by atoms with Gasteiger partial charge in [0.05, 0.1) is 12.8 Å². The van der Waals surface area contributed by atoms with Crippen molar-refractivity contribution in [2.24, 2.45) is 11.8 Å². The van der Waals surface area contributed by atoms with Gasteiger partial charge in [0.25, 0.3) is 0 Å². The van der Waals surface area contributed by atoms with E-state index in [-0.39, 0.29) is 18.5 Å². The SMILES string of the molecule is CC[C@H](C)[C@@H](CO)CNc1nc(N)ncc1OCCCc1ccccc1. The van der Waals surface area contributed by atoms with Crippen LogP contribution < -0.4 is 15.8 Å². The lowest BCUT2D eigenvalue weighted by Crippen LogP contribution is -2.25. The highest BCUT2D eigenvalue weighted by atomic mass is 16.5. The molecule has 0 spiro atoms. The van der Waals surface area contributed by atoms with Gasteiger partial charge in [-0.15, -0.1) is 0 Å². The van der Waals surface area contributed by atoms with E-state index in [1.54, 1.807) is 6.20 Å². The first-order chi connectivity index (χ1) is 12.6. The highest BCUT2D eigenvalue weighted by molar-refractivity contribution is 5.51. The molecular formula is C20H30N4O2. The van der Waals surface area contributed by atoms with Crippen LogP contribution in [0.25, 0.3) is 0 Å². The Balaban J connectivity index is 1.89. The van der Waals surface area contributed by atoms with Crippen LogP contribution in [0.2, 0.25) is 0 Å². The Hall–Kier alpha value is -2.34. The van der Waals surface area contributed by atoms with Crippen molar-refractivity contribution < 1.29 is 9.84 Å². The standard InChI is InChI=1S/C20H30N4O2/c1-3-15(2)17(14-25)12-22-19-18(13-23-20(21)24-19)26-11-7-10-16-8-5-4-6-9-16/h4-6,8-9,13,15,17,25H,3,7,10-12,14H2,1-2H3,(H3,21,22,23,24)/t15-,17+/m0/s1. The minimum absolute atomic E-state index is 0.135. The molecule has 6 nitrogen and oxygen atoms in total. The van der Waals surface area contributed by atoms with Crippen molar-refractivity contribution in [1.29, 1.82) is 0 Å². The van der Waals surface area contributed by atoms with Crippen LogP contribution in [-0.4, -0.2) is 34.8 Å². The zero-order valence-electron chi connectivity index (χ0n) is 15.7. The summed E-state index contributed by atoms with van der Waals surface area (Å²) in [6.45, 7) is 5.58. The number of nitrogens with two attached hydrogens (primary N) is 1. The minimum atomic E-state index is 0.135. The fraction of sp³-hybridized carbons (Fsp3) is 0.500. The van der Waals surface area contributed by atoms with E-state index < -0.39 is 0 Å². The average molecular weight is 358 g/mol. The van der Waals surface area contributed by atoms with E-state index in [4.69, 9.17) is 10.5 Å². The summed E-state index contributed by atoms with van der Waals surface area (Å²) in [6.07, 6.45) is 4.48. The summed E-state index contributed by atoms with van der Waals surface area (Å²) < 4.78 is 5.86. The molecule has 1 aromatic heterocycles. The number of aliphatic hydroxyl groups is 1. The highest BCUT2D eigenvalue weighted by Crippen LogP contribution is 2.23. The van der Waals surface area contributed by atoms with Crippen LogP contribution in [0.5, 0.6) is 5.75 Å². The van der Waals surface area contributed by atoms with Gasteiger partial charge in [0.15, 0.2) is 11.6 Å². The van der Waals surface area contributed by atoms with E-state index in [1.807, 2.05) is 18.2 Å². The first-order valence-electron chi connectivity index (χ1n) is 9.28. The second-order valence-electron chi connectivity index (χ2n) is 6.59. The van der Waals surface area contributed by atoms with Gasteiger partial charge in [0.1, 0.15) is 0 Å². The van der Waals surface area contributed by atoms with Crippen LogP contribution in [-0.2, 0) is 6.42 Å². The van der Waals surface area contributed by atoms with Crippen LogP contribution >= 0.6 is 0 Å². The first-order valence-corrected chi connectivity index (χ1v) is 9.28. The molecule has 0 fully saturated rings. The second-order valence-corrected chi connectivity index (χ2v) is 6.59. The van der Waals surface area contributed by atoms with Crippen molar-refractivity contribution >= 4 is 11.8 Å². The lowest BCUT2D eigenvalue weighted by Gasteiger charge is -2.22. The summed E-state index contributed by atoms with van der Waals surface area (Å²) in [4.78, 5) is 8.28. The molecule has 1 aromatic carbocycles. The molecule has 0 amide bonds. The number of nitrogen functional groups attached to an aromatic ring is 1. The van der Waals surface area contributed by atoms with E-state index in [2.05, 4.69) is 41.3 Å². The Bertz CT molecular complexity index is 652. The van der Waals surface area contributed by atoms with Crippen molar-refractivity contribution in [2.45, 2.75) is 33.1 Å². The molecule has 0 aliphatic heterocycles. The summed E-state index contributed by atoms with van der Waals surface area (Å²) >= 11 is 0. The predicted molar refractivity (Wildman–Crippen MR) is 105 cm³/mol.